The molecule has 8 nitrogen and oxygen atoms in total. The van der Waals surface area contributed by atoms with Gasteiger partial charge in [-0.05, 0) is 13.3 Å². The van der Waals surface area contributed by atoms with Crippen molar-refractivity contribution in [1.82, 2.24) is 0 Å². The molecule has 100 valence electrons. The van der Waals surface area contributed by atoms with Gasteiger partial charge >= 0.3 is 17.9 Å². The zero-order valence-corrected chi connectivity index (χ0v) is 10.3. The molecule has 2 atom stereocenters. The van der Waals surface area contributed by atoms with Crippen LogP contribution in [0.1, 0.15) is 19.8 Å². The Kier molecular flexibility index (Phi) is 14.1. The second-order valence-electron chi connectivity index (χ2n) is 2.89. The Balaban J connectivity index is -0.000000244. The molecule has 17 heavy (non-hydrogen) atoms. The third-order valence-electron chi connectivity index (χ3n) is 1.34. The van der Waals surface area contributed by atoms with E-state index in [1.807, 2.05) is 0 Å². The van der Waals surface area contributed by atoms with Crippen LogP contribution in [0, 0.1) is 0 Å². The van der Waals surface area contributed by atoms with Crippen molar-refractivity contribution >= 4 is 17.9 Å². The Hall–Kier alpha value is -1.14. The average Bonchev–Trinajstić information content (AvgIpc) is 2.14. The first-order valence-electron chi connectivity index (χ1n) is 4.29. The third kappa shape index (κ3) is 17.5. The van der Waals surface area contributed by atoms with E-state index >= 15 is 0 Å². The van der Waals surface area contributed by atoms with E-state index in [1.54, 1.807) is 0 Å². The Morgan fingerprint density at radius 3 is 1.65 bits per heavy atom. The van der Waals surface area contributed by atoms with Gasteiger partial charge in [0, 0.05) is 23.8 Å². The quantitative estimate of drug-likeness (QED) is 0.418. The molecule has 0 heterocycles. The summed E-state index contributed by atoms with van der Waals surface area (Å²) in [5, 5.41) is 32.0. The molecule has 6 N–H and O–H groups in total. The molecular weight excluding hydrogens is 274 g/mol. The summed E-state index contributed by atoms with van der Waals surface area (Å²) < 4.78 is 0. The van der Waals surface area contributed by atoms with Gasteiger partial charge in [0.15, 0.2) is 0 Å². The minimum absolute atomic E-state index is 0. The molecule has 0 bridgehead atoms. The Bertz CT molecular complexity index is 256. The number of hydrogen-bond donors (Lipinski definition) is 5. The van der Waals surface area contributed by atoms with Gasteiger partial charge in [-0.1, -0.05) is 0 Å². The molecule has 0 saturated heterocycles. The number of hydrogen-bond acceptors (Lipinski definition) is 5. The SMILES string of the molecule is CC(O)C(=O)O.NC(CCC(=O)O)C(=O)O.[Cr]. The molecule has 0 aromatic heterocycles. The monoisotopic (exact) mass is 289 g/mol. The van der Waals surface area contributed by atoms with Crippen molar-refractivity contribution in [3.63, 3.8) is 0 Å². The molecule has 0 radical (unpaired) electrons. The van der Waals surface area contributed by atoms with Crippen LogP contribution in [0.4, 0.5) is 0 Å². The molecule has 9 heteroatoms. The average molecular weight is 289 g/mol. The molecule has 0 rings (SSSR count). The predicted octanol–water partition coefficient (Wildman–Crippen LogP) is -1.29. The molecule has 0 aromatic rings. The van der Waals surface area contributed by atoms with Crippen LogP contribution < -0.4 is 5.73 Å². The molecule has 0 aliphatic carbocycles. The van der Waals surface area contributed by atoms with Gasteiger partial charge < -0.3 is 26.2 Å². The van der Waals surface area contributed by atoms with E-state index in [0.717, 1.165) is 0 Å². The van der Waals surface area contributed by atoms with E-state index in [4.69, 9.17) is 26.2 Å². The smallest absolute Gasteiger partial charge is 0.332 e. The van der Waals surface area contributed by atoms with Crippen LogP contribution >= 0.6 is 0 Å². The van der Waals surface area contributed by atoms with Gasteiger partial charge in [0.05, 0.1) is 0 Å². The van der Waals surface area contributed by atoms with Crippen LogP contribution in [-0.4, -0.2) is 50.5 Å². The normalized spacial score (nSPS) is 12.2. The van der Waals surface area contributed by atoms with Crippen molar-refractivity contribution in [2.75, 3.05) is 0 Å². The maximum absolute atomic E-state index is 9.99. The number of aliphatic hydroxyl groups is 1. The maximum atomic E-state index is 9.99. The first-order chi connectivity index (χ1) is 7.18. The van der Waals surface area contributed by atoms with Gasteiger partial charge in [-0.25, -0.2) is 4.79 Å². The van der Waals surface area contributed by atoms with E-state index in [9.17, 15) is 14.4 Å². The molecule has 0 amide bonds. The van der Waals surface area contributed by atoms with E-state index in [1.165, 1.54) is 6.92 Å². The van der Waals surface area contributed by atoms with Gasteiger partial charge in [0.2, 0.25) is 0 Å². The number of aliphatic hydroxyl groups excluding tert-OH is 1. The molecular formula is C8H15CrNO7. The second-order valence-corrected chi connectivity index (χ2v) is 2.89. The van der Waals surface area contributed by atoms with Gasteiger partial charge in [-0.15, -0.1) is 0 Å². The summed E-state index contributed by atoms with van der Waals surface area (Å²) in [4.78, 5) is 29.3. The van der Waals surface area contributed by atoms with Crippen LogP contribution in [0.25, 0.3) is 0 Å². The van der Waals surface area contributed by atoms with Gasteiger partial charge in [0.1, 0.15) is 12.1 Å². The van der Waals surface area contributed by atoms with Crippen molar-refractivity contribution < 1.29 is 52.2 Å². The minimum Gasteiger partial charge on any atom is -0.481 e. The summed E-state index contributed by atoms with van der Waals surface area (Å²) in [5.41, 5.74) is 5.00. The van der Waals surface area contributed by atoms with Crippen molar-refractivity contribution in [3.8, 4) is 0 Å². The fourth-order valence-corrected chi connectivity index (χ4v) is 0.402. The maximum Gasteiger partial charge on any atom is 0.332 e. The summed E-state index contributed by atoms with van der Waals surface area (Å²) in [5.74, 6) is -3.38. The van der Waals surface area contributed by atoms with Crippen LogP contribution in [0.5, 0.6) is 0 Å². The molecule has 0 aliphatic heterocycles. The van der Waals surface area contributed by atoms with Crippen molar-refractivity contribution in [2.45, 2.75) is 31.9 Å². The van der Waals surface area contributed by atoms with E-state index in [-0.39, 0.29) is 30.2 Å². The third-order valence-corrected chi connectivity index (χ3v) is 1.34. The van der Waals surface area contributed by atoms with Crippen LogP contribution in [0.15, 0.2) is 0 Å². The number of carbonyl (C=O) groups is 3. The first-order valence-corrected chi connectivity index (χ1v) is 4.29. The number of carboxylic acids is 3. The molecule has 0 saturated carbocycles. The van der Waals surface area contributed by atoms with E-state index in [0.29, 0.717) is 0 Å². The summed E-state index contributed by atoms with van der Waals surface area (Å²) in [6, 6.07) is -1.06. The zero-order valence-electron chi connectivity index (χ0n) is 9.07. The molecule has 0 aliphatic rings. The Labute approximate surface area is 108 Å². The molecule has 2 unspecified atom stereocenters. The molecule has 0 fully saturated rings. The largest absolute Gasteiger partial charge is 0.481 e. The number of rotatable bonds is 5. The topological polar surface area (TPSA) is 158 Å². The van der Waals surface area contributed by atoms with E-state index < -0.39 is 30.1 Å². The fraction of sp³-hybridized carbons (Fsp3) is 0.625. The summed E-state index contributed by atoms with van der Waals surface area (Å²) in [6.45, 7) is 1.20. The number of nitrogens with two attached hydrogens (primary N) is 1. The van der Waals surface area contributed by atoms with Crippen LogP contribution in [0.3, 0.4) is 0 Å². The Morgan fingerprint density at radius 1 is 1.12 bits per heavy atom. The summed E-state index contributed by atoms with van der Waals surface area (Å²) >= 11 is 0. The standard InChI is InChI=1S/C5H9NO4.C3H6O3.Cr/c6-3(5(9)10)1-2-4(7)8;1-2(4)3(5)6;/h3H,1-2,6H2,(H,7,8)(H,9,10);2,4H,1H3,(H,5,6);. The second kappa shape index (κ2) is 11.4. The number of carboxylic acid groups (broad SMARTS) is 3. The fourth-order valence-electron chi connectivity index (χ4n) is 0.402. The van der Waals surface area contributed by atoms with Gasteiger partial charge in [-0.3, -0.25) is 9.59 Å². The van der Waals surface area contributed by atoms with Crippen molar-refractivity contribution in [1.29, 1.82) is 0 Å². The van der Waals surface area contributed by atoms with Gasteiger partial charge in [-0.2, -0.15) is 0 Å². The molecule has 0 spiro atoms. The zero-order chi connectivity index (χ0) is 13.3. The molecule has 0 aromatic carbocycles. The van der Waals surface area contributed by atoms with Crippen molar-refractivity contribution in [2.24, 2.45) is 5.73 Å². The first kappa shape index (κ1) is 21.2. The predicted molar refractivity (Wildman–Crippen MR) is 51.8 cm³/mol. The van der Waals surface area contributed by atoms with Gasteiger partial charge in [0.25, 0.3) is 0 Å². The number of aliphatic carboxylic acids is 3. The minimum atomic E-state index is -1.23. The summed E-state index contributed by atoms with van der Waals surface area (Å²) in [6.07, 6.45) is -1.46. The Morgan fingerprint density at radius 2 is 1.47 bits per heavy atom. The summed E-state index contributed by atoms with van der Waals surface area (Å²) in [7, 11) is 0. The van der Waals surface area contributed by atoms with E-state index in [2.05, 4.69) is 0 Å². The van der Waals surface area contributed by atoms with Crippen LogP contribution in [-0.2, 0) is 31.7 Å². The van der Waals surface area contributed by atoms with Crippen LogP contribution in [0.2, 0.25) is 0 Å². The van der Waals surface area contributed by atoms with Crippen molar-refractivity contribution in [3.05, 3.63) is 0 Å².